The average Bonchev–Trinajstić information content (AvgIpc) is 3.21. The highest BCUT2D eigenvalue weighted by atomic mass is 32.2. The third-order valence-corrected chi connectivity index (χ3v) is 5.81. The molecule has 0 saturated carbocycles. The van der Waals surface area contributed by atoms with Crippen molar-refractivity contribution >= 4 is 33.5 Å². The zero-order valence-corrected chi connectivity index (χ0v) is 19.0. The zero-order chi connectivity index (χ0) is 24.2. The molecule has 0 saturated heterocycles. The third kappa shape index (κ3) is 6.04. The minimum absolute atomic E-state index is 0.0289. The number of carbonyl (C=O) groups excluding carboxylic acids is 1. The monoisotopic (exact) mass is 470 g/mol. The summed E-state index contributed by atoms with van der Waals surface area (Å²) in [6.07, 6.45) is 2.31. The van der Waals surface area contributed by atoms with Crippen molar-refractivity contribution in [1.82, 2.24) is 5.43 Å². The Balaban J connectivity index is 1.66. The van der Waals surface area contributed by atoms with Crippen LogP contribution in [-0.4, -0.2) is 38.3 Å². The quantitative estimate of drug-likeness (QED) is 0.305. The van der Waals surface area contributed by atoms with Gasteiger partial charge in [-0.25, -0.2) is 13.8 Å². The van der Waals surface area contributed by atoms with E-state index in [0.29, 0.717) is 22.8 Å². The number of hydrazone groups is 1. The van der Waals surface area contributed by atoms with Gasteiger partial charge in [0.25, 0.3) is 11.6 Å². The van der Waals surface area contributed by atoms with Crippen LogP contribution in [0.4, 0.5) is 11.4 Å². The molecular weight excluding hydrogens is 448 g/mol. The fourth-order valence-corrected chi connectivity index (χ4v) is 4.04. The zero-order valence-electron chi connectivity index (χ0n) is 18.2. The number of nitro benzene ring substituents is 1. The molecule has 1 aromatic heterocycles. The number of carbonyl (C=O) groups is 1. The van der Waals surface area contributed by atoms with Crippen LogP contribution in [0.3, 0.4) is 0 Å². The van der Waals surface area contributed by atoms with Gasteiger partial charge in [0, 0.05) is 17.7 Å². The second kappa shape index (κ2) is 9.65. The summed E-state index contributed by atoms with van der Waals surface area (Å²) in [5.41, 5.74) is 5.03. The van der Waals surface area contributed by atoms with Gasteiger partial charge in [-0.1, -0.05) is 17.7 Å². The number of aryl methyl sites for hydroxylation is 2. The first-order chi connectivity index (χ1) is 15.5. The Morgan fingerprint density at radius 1 is 1.15 bits per heavy atom. The average molecular weight is 471 g/mol. The van der Waals surface area contributed by atoms with E-state index >= 15 is 0 Å². The molecule has 33 heavy (non-hydrogen) atoms. The molecule has 0 radical (unpaired) electrons. The molecule has 1 amide bonds. The van der Waals surface area contributed by atoms with Crippen LogP contribution in [-0.2, 0) is 14.8 Å². The second-order valence-corrected chi connectivity index (χ2v) is 9.27. The van der Waals surface area contributed by atoms with E-state index in [0.717, 1.165) is 21.7 Å². The van der Waals surface area contributed by atoms with Crippen molar-refractivity contribution in [2.75, 3.05) is 17.1 Å². The van der Waals surface area contributed by atoms with Crippen LogP contribution in [0.15, 0.2) is 64.1 Å². The van der Waals surface area contributed by atoms with Gasteiger partial charge in [0.15, 0.2) is 0 Å². The first-order valence-electron chi connectivity index (χ1n) is 9.76. The number of rotatable bonds is 8. The molecule has 0 atom stereocenters. The Labute approximate surface area is 190 Å². The smallest absolute Gasteiger partial charge is 0.269 e. The number of hydrogen-bond donors (Lipinski definition) is 1. The van der Waals surface area contributed by atoms with Gasteiger partial charge >= 0.3 is 0 Å². The Morgan fingerprint density at radius 2 is 1.85 bits per heavy atom. The molecule has 0 aliphatic carbocycles. The summed E-state index contributed by atoms with van der Waals surface area (Å²) in [6.45, 7) is 3.23. The van der Waals surface area contributed by atoms with Crippen LogP contribution in [0, 0.1) is 24.0 Å². The topological polar surface area (TPSA) is 135 Å². The van der Waals surface area contributed by atoms with E-state index in [1.165, 1.54) is 18.3 Å². The highest BCUT2D eigenvalue weighted by Gasteiger charge is 2.22. The van der Waals surface area contributed by atoms with Crippen molar-refractivity contribution in [1.29, 1.82) is 0 Å². The molecule has 0 fully saturated rings. The van der Waals surface area contributed by atoms with Crippen molar-refractivity contribution in [2.24, 2.45) is 5.10 Å². The number of nitrogens with one attached hydrogen (secondary N) is 1. The molecule has 0 bridgehead atoms. The fourth-order valence-electron chi connectivity index (χ4n) is 3.12. The predicted octanol–water partition coefficient (Wildman–Crippen LogP) is 3.39. The summed E-state index contributed by atoms with van der Waals surface area (Å²) in [7, 11) is -3.70. The molecule has 0 aliphatic rings. The van der Waals surface area contributed by atoms with Crippen molar-refractivity contribution in [3.8, 4) is 11.3 Å². The maximum absolute atomic E-state index is 12.3. The second-order valence-electron chi connectivity index (χ2n) is 7.36. The molecule has 0 spiro atoms. The van der Waals surface area contributed by atoms with Gasteiger partial charge in [0.05, 0.1) is 23.1 Å². The molecule has 3 rings (SSSR count). The van der Waals surface area contributed by atoms with E-state index in [1.54, 1.807) is 43.3 Å². The van der Waals surface area contributed by atoms with Gasteiger partial charge in [0.2, 0.25) is 10.0 Å². The molecule has 172 valence electrons. The minimum Gasteiger partial charge on any atom is -0.455 e. The number of nitrogens with zero attached hydrogens (tertiary/aromatic N) is 3. The van der Waals surface area contributed by atoms with Crippen LogP contribution < -0.4 is 9.73 Å². The lowest BCUT2D eigenvalue weighted by atomic mass is 10.1. The van der Waals surface area contributed by atoms with Gasteiger partial charge in [-0.05, 0) is 49.7 Å². The van der Waals surface area contributed by atoms with Crippen LogP contribution in [0.2, 0.25) is 0 Å². The number of amides is 1. The van der Waals surface area contributed by atoms with Crippen molar-refractivity contribution in [3.63, 3.8) is 0 Å². The van der Waals surface area contributed by atoms with E-state index in [4.69, 9.17) is 4.42 Å². The first-order valence-corrected chi connectivity index (χ1v) is 11.6. The van der Waals surface area contributed by atoms with Gasteiger partial charge < -0.3 is 4.42 Å². The normalized spacial score (nSPS) is 11.5. The number of benzene rings is 2. The van der Waals surface area contributed by atoms with E-state index in [9.17, 15) is 23.3 Å². The SMILES string of the molecule is Cc1ccc(N(CC(=O)NN=Cc2ccc(-c3ccc([N+](=O)[O-])cc3)o2)S(C)(=O)=O)c(C)c1. The van der Waals surface area contributed by atoms with E-state index in [-0.39, 0.29) is 5.69 Å². The lowest BCUT2D eigenvalue weighted by Crippen LogP contribution is -2.39. The van der Waals surface area contributed by atoms with Crippen molar-refractivity contribution < 1.29 is 22.6 Å². The molecule has 1 heterocycles. The number of furan rings is 1. The Morgan fingerprint density at radius 3 is 2.45 bits per heavy atom. The van der Waals surface area contributed by atoms with Crippen molar-refractivity contribution in [2.45, 2.75) is 13.8 Å². The lowest BCUT2D eigenvalue weighted by Gasteiger charge is -2.23. The largest absolute Gasteiger partial charge is 0.455 e. The van der Waals surface area contributed by atoms with Gasteiger partial charge in [-0.15, -0.1) is 0 Å². The molecule has 0 aliphatic heterocycles. The highest BCUT2D eigenvalue weighted by Crippen LogP contribution is 2.24. The fraction of sp³-hybridized carbons (Fsp3) is 0.182. The van der Waals surface area contributed by atoms with E-state index < -0.39 is 27.4 Å². The van der Waals surface area contributed by atoms with Gasteiger partial charge in [-0.3, -0.25) is 19.2 Å². The highest BCUT2D eigenvalue weighted by molar-refractivity contribution is 7.92. The standard InChI is InChI=1S/C22H22N4O6S/c1-15-4-10-20(16(2)12-15)25(33(3,30)31)14-22(27)24-23-13-19-9-11-21(32-19)17-5-7-18(8-6-17)26(28)29/h4-13H,14H2,1-3H3,(H,24,27). The lowest BCUT2D eigenvalue weighted by molar-refractivity contribution is -0.384. The number of anilines is 1. The number of non-ortho nitro benzene ring substituents is 1. The Kier molecular flexibility index (Phi) is 6.92. The van der Waals surface area contributed by atoms with Gasteiger partial charge in [0.1, 0.15) is 18.1 Å². The Hall–Kier alpha value is -3.99. The number of hydrogen-bond acceptors (Lipinski definition) is 7. The molecule has 2 aromatic carbocycles. The Bertz CT molecular complexity index is 1310. The van der Waals surface area contributed by atoms with Crippen molar-refractivity contribution in [3.05, 3.63) is 81.6 Å². The molecule has 0 unspecified atom stereocenters. The maximum Gasteiger partial charge on any atom is 0.269 e. The first kappa shape index (κ1) is 23.7. The number of nitro groups is 1. The van der Waals surface area contributed by atoms with Crippen LogP contribution in [0.5, 0.6) is 0 Å². The number of sulfonamides is 1. The molecule has 3 aromatic rings. The minimum atomic E-state index is -3.70. The molecular formula is C22H22N4O6S. The van der Waals surface area contributed by atoms with E-state index in [1.807, 2.05) is 13.0 Å². The summed E-state index contributed by atoms with van der Waals surface area (Å²) in [5.74, 6) is 0.174. The van der Waals surface area contributed by atoms with Crippen LogP contribution in [0.25, 0.3) is 11.3 Å². The molecule has 10 nitrogen and oxygen atoms in total. The predicted molar refractivity (Wildman–Crippen MR) is 125 cm³/mol. The summed E-state index contributed by atoms with van der Waals surface area (Å²) >= 11 is 0. The summed E-state index contributed by atoms with van der Waals surface area (Å²) in [6, 6.07) is 14.4. The van der Waals surface area contributed by atoms with Crippen LogP contribution >= 0.6 is 0 Å². The summed E-state index contributed by atoms with van der Waals surface area (Å²) in [5, 5.41) is 14.6. The molecule has 1 N–H and O–H groups in total. The summed E-state index contributed by atoms with van der Waals surface area (Å²) in [4.78, 5) is 22.6. The van der Waals surface area contributed by atoms with Crippen LogP contribution in [0.1, 0.15) is 16.9 Å². The molecule has 11 heteroatoms. The summed E-state index contributed by atoms with van der Waals surface area (Å²) < 4.78 is 31.1. The van der Waals surface area contributed by atoms with E-state index in [2.05, 4.69) is 10.5 Å². The maximum atomic E-state index is 12.3. The third-order valence-electron chi connectivity index (χ3n) is 4.68. The van der Waals surface area contributed by atoms with Gasteiger partial charge in [-0.2, -0.15) is 5.10 Å².